The average molecular weight is 850 g/mol. The van der Waals surface area contributed by atoms with Crippen LogP contribution in [0.5, 0.6) is 0 Å². The first-order valence-electron chi connectivity index (χ1n) is 20.4. The van der Waals surface area contributed by atoms with Crippen molar-refractivity contribution in [3.63, 3.8) is 0 Å². The number of quaternary nitrogens is 1. The van der Waals surface area contributed by atoms with E-state index in [0.29, 0.717) is 17.0 Å². The molecule has 0 saturated carbocycles. The second-order valence-electron chi connectivity index (χ2n) is 16.1. The number of piperazine rings is 1. The number of hydrogen-bond donors (Lipinski definition) is 2. The molecular weight excluding hydrogens is 797 g/mol. The summed E-state index contributed by atoms with van der Waals surface area (Å²) in [7, 11) is -4.44. The van der Waals surface area contributed by atoms with Crippen LogP contribution in [0.3, 0.4) is 0 Å². The van der Waals surface area contributed by atoms with Crippen molar-refractivity contribution < 1.29 is 27.6 Å². The summed E-state index contributed by atoms with van der Waals surface area (Å²) in [4.78, 5) is 37.0. The highest BCUT2D eigenvalue weighted by molar-refractivity contribution is 7.99. The zero-order valence-electron chi connectivity index (χ0n) is 34.2. The monoisotopic (exact) mass is 849 g/mol. The van der Waals surface area contributed by atoms with E-state index in [2.05, 4.69) is 68.4 Å². The molecular formula is C46H53N6O6S2+. The third-order valence-corrected chi connectivity index (χ3v) is 13.9. The van der Waals surface area contributed by atoms with Crippen LogP contribution in [-0.2, 0) is 21.4 Å². The first-order chi connectivity index (χ1) is 28.9. The molecule has 12 nitrogen and oxygen atoms in total. The quantitative estimate of drug-likeness (QED) is 0.0408. The van der Waals surface area contributed by atoms with Gasteiger partial charge in [-0.05, 0) is 99.4 Å². The number of rotatable bonds is 17. The van der Waals surface area contributed by atoms with E-state index in [1.54, 1.807) is 23.9 Å². The van der Waals surface area contributed by atoms with Crippen molar-refractivity contribution >= 4 is 44.8 Å². The molecule has 0 spiro atoms. The minimum atomic E-state index is -4.44. The normalized spacial score (nSPS) is 15.7. The number of benzene rings is 5. The van der Waals surface area contributed by atoms with Gasteiger partial charge < -0.3 is 15.1 Å². The van der Waals surface area contributed by atoms with E-state index in [0.717, 1.165) is 69.0 Å². The lowest BCUT2D eigenvalue weighted by molar-refractivity contribution is -1.12. The molecule has 314 valence electrons. The summed E-state index contributed by atoms with van der Waals surface area (Å²) in [6, 6.07) is 39.3. The Morgan fingerprint density at radius 1 is 0.850 bits per heavy atom. The van der Waals surface area contributed by atoms with Gasteiger partial charge in [-0.1, -0.05) is 72.8 Å². The van der Waals surface area contributed by atoms with Crippen LogP contribution in [0, 0.1) is 10.1 Å². The standard InChI is InChI=1S/C46H52N6O6S2/c1-46(2,35-59-40-16-7-4-8-17-40)47-43-24-23-41(33-44(43)51(54)55)60(56,57)48-45(53)37-19-21-39(22-20-37)50-27-30-52(31-28-50,58-32-29-49-25-11-12-26-49)34-38-15-9-10-18-42(38)36-13-5-3-6-14-36/h3-10,13-24,33,47H,11-12,25-32,34-35H2,1-2H3/p+1. The van der Waals surface area contributed by atoms with Crippen molar-refractivity contribution in [2.24, 2.45) is 0 Å². The van der Waals surface area contributed by atoms with Gasteiger partial charge in [0.05, 0.1) is 22.9 Å². The summed E-state index contributed by atoms with van der Waals surface area (Å²) >= 11 is 1.60. The number of sulfonamides is 1. The van der Waals surface area contributed by atoms with E-state index in [1.165, 1.54) is 41.7 Å². The van der Waals surface area contributed by atoms with Gasteiger partial charge in [-0.25, -0.2) is 18.0 Å². The molecule has 2 aliphatic rings. The fourth-order valence-electron chi connectivity index (χ4n) is 7.84. The average Bonchev–Trinajstić information content (AvgIpc) is 3.78. The van der Waals surface area contributed by atoms with E-state index in [4.69, 9.17) is 4.84 Å². The summed E-state index contributed by atoms with van der Waals surface area (Å²) in [5.41, 5.74) is 3.89. The minimum absolute atomic E-state index is 0.151. The molecule has 0 unspecified atom stereocenters. The van der Waals surface area contributed by atoms with Gasteiger partial charge in [0.1, 0.15) is 31.9 Å². The highest BCUT2D eigenvalue weighted by atomic mass is 32.2. The van der Waals surface area contributed by atoms with Crippen LogP contribution in [0.1, 0.15) is 42.6 Å². The number of carbonyl (C=O) groups excluding carboxylic acids is 1. The maximum absolute atomic E-state index is 13.4. The zero-order valence-corrected chi connectivity index (χ0v) is 35.8. The van der Waals surface area contributed by atoms with Crippen molar-refractivity contribution in [3.8, 4) is 11.1 Å². The largest absolute Gasteiger partial charge is 0.374 e. The molecule has 0 bridgehead atoms. The number of nitrogens with zero attached hydrogens (tertiary/aromatic N) is 4. The molecule has 0 aromatic heterocycles. The lowest BCUT2D eigenvalue weighted by Gasteiger charge is -2.43. The van der Waals surface area contributed by atoms with Crippen LogP contribution in [0.15, 0.2) is 137 Å². The Balaban J connectivity index is 0.994. The Bertz CT molecular complexity index is 2350. The molecule has 60 heavy (non-hydrogen) atoms. The predicted molar refractivity (Wildman–Crippen MR) is 238 cm³/mol. The van der Waals surface area contributed by atoms with Crippen molar-refractivity contribution in [1.29, 1.82) is 0 Å². The number of hydrogen-bond acceptors (Lipinski definition) is 10. The smallest absolute Gasteiger partial charge is 0.293 e. The topological polar surface area (TPSA) is 134 Å². The van der Waals surface area contributed by atoms with Crippen LogP contribution >= 0.6 is 11.8 Å². The van der Waals surface area contributed by atoms with Gasteiger partial charge in [-0.3, -0.25) is 14.9 Å². The molecule has 2 fully saturated rings. The summed E-state index contributed by atoms with van der Waals surface area (Å²) in [6.45, 7) is 11.3. The highest BCUT2D eigenvalue weighted by Gasteiger charge is 2.37. The number of likely N-dealkylation sites (tertiary alicyclic amines) is 1. The molecule has 2 heterocycles. The van der Waals surface area contributed by atoms with Gasteiger partial charge in [0.15, 0.2) is 0 Å². The lowest BCUT2D eigenvalue weighted by Crippen LogP contribution is -2.59. The lowest BCUT2D eigenvalue weighted by atomic mass is 9.99. The molecule has 5 aromatic carbocycles. The maximum atomic E-state index is 13.4. The number of anilines is 2. The Hall–Kier alpha value is -5.25. The van der Waals surface area contributed by atoms with E-state index in [9.17, 15) is 23.3 Å². The molecule has 0 aliphatic carbocycles. The summed E-state index contributed by atoms with van der Waals surface area (Å²) in [5, 5.41) is 15.3. The zero-order chi connectivity index (χ0) is 42.2. The predicted octanol–water partition coefficient (Wildman–Crippen LogP) is 8.23. The molecule has 0 radical (unpaired) electrons. The highest BCUT2D eigenvalue weighted by Crippen LogP contribution is 2.33. The van der Waals surface area contributed by atoms with E-state index < -0.39 is 32.1 Å². The summed E-state index contributed by atoms with van der Waals surface area (Å²) in [6.07, 6.45) is 2.47. The maximum Gasteiger partial charge on any atom is 0.293 e. The number of carbonyl (C=O) groups is 1. The van der Waals surface area contributed by atoms with Crippen molar-refractivity contribution in [3.05, 3.63) is 149 Å². The van der Waals surface area contributed by atoms with E-state index in [-0.39, 0.29) is 16.1 Å². The van der Waals surface area contributed by atoms with Crippen molar-refractivity contribution in [1.82, 2.24) is 9.62 Å². The molecule has 7 rings (SSSR count). The number of nitro groups is 1. The molecule has 2 N–H and O–H groups in total. The second kappa shape index (κ2) is 19.0. The van der Waals surface area contributed by atoms with Gasteiger partial charge in [0.25, 0.3) is 21.6 Å². The number of amides is 1. The first kappa shape index (κ1) is 42.9. The molecule has 5 aromatic rings. The number of nitrogens with one attached hydrogen (secondary N) is 2. The number of nitro benzene ring substituents is 1. The molecule has 2 saturated heterocycles. The summed E-state index contributed by atoms with van der Waals surface area (Å²) < 4.78 is 29.4. The van der Waals surface area contributed by atoms with Gasteiger partial charge in [0.2, 0.25) is 0 Å². The fourth-order valence-corrected chi connectivity index (χ4v) is 9.78. The van der Waals surface area contributed by atoms with Crippen molar-refractivity contribution in [2.45, 2.75) is 48.6 Å². The van der Waals surface area contributed by atoms with Gasteiger partial charge >= 0.3 is 0 Å². The molecule has 1 amide bonds. The minimum Gasteiger partial charge on any atom is -0.374 e. The van der Waals surface area contributed by atoms with Crippen molar-refractivity contribution in [2.75, 3.05) is 68.4 Å². The third-order valence-electron chi connectivity index (χ3n) is 11.1. The number of hydroxylamine groups is 3. The number of thioether (sulfide) groups is 1. The SMILES string of the molecule is CC(C)(CSc1ccccc1)Nc1ccc(S(=O)(=O)NC(=O)c2ccc(N3CC[N+](Cc4ccccc4-c4ccccc4)(OCCN4CCCC4)CC3)cc2)cc1[N+](=O)[O-]. The second-order valence-corrected chi connectivity index (χ2v) is 18.8. The van der Waals surface area contributed by atoms with Crippen LogP contribution < -0.4 is 14.9 Å². The molecule has 2 aliphatic heterocycles. The van der Waals surface area contributed by atoms with Crippen LogP contribution in [-0.4, -0.2) is 92.5 Å². The van der Waals surface area contributed by atoms with Crippen LogP contribution in [0.2, 0.25) is 0 Å². The van der Waals surface area contributed by atoms with E-state index in [1.807, 2.05) is 62.4 Å². The molecule has 14 heteroatoms. The Kier molecular flexibility index (Phi) is 13.6. The van der Waals surface area contributed by atoms with E-state index >= 15 is 0 Å². The Labute approximate surface area is 357 Å². The fraction of sp³-hybridized carbons (Fsp3) is 0.326. The van der Waals surface area contributed by atoms with Gasteiger partial charge in [-0.15, -0.1) is 11.8 Å². The summed E-state index contributed by atoms with van der Waals surface area (Å²) in [5.74, 6) is -0.235. The third kappa shape index (κ3) is 10.9. The van der Waals surface area contributed by atoms with Crippen LogP contribution in [0.25, 0.3) is 11.1 Å². The van der Waals surface area contributed by atoms with Gasteiger partial charge in [-0.2, -0.15) is 4.65 Å². The Morgan fingerprint density at radius 2 is 1.50 bits per heavy atom. The molecule has 0 atom stereocenters. The Morgan fingerprint density at radius 3 is 2.18 bits per heavy atom. The first-order valence-corrected chi connectivity index (χ1v) is 22.9. The van der Waals surface area contributed by atoms with Gasteiger partial charge in [0, 0.05) is 45.6 Å². The van der Waals surface area contributed by atoms with Crippen LogP contribution in [0.4, 0.5) is 17.1 Å².